The summed E-state index contributed by atoms with van der Waals surface area (Å²) < 4.78 is 11.5. The fraction of sp³-hybridized carbons (Fsp3) is 0.0714. The standard InChI is InChI=1S/C14H9NO2/c1-9-3-2-4-12-14(9)17-13-7-10(8-15)5-6-11(13)16-12/h2-7H,1H3. The molecule has 3 rings (SSSR count). The van der Waals surface area contributed by atoms with Crippen LogP contribution in [0.5, 0.6) is 23.0 Å². The van der Waals surface area contributed by atoms with Crippen LogP contribution in [-0.4, -0.2) is 0 Å². The van der Waals surface area contributed by atoms with Gasteiger partial charge in [-0.05, 0) is 30.7 Å². The van der Waals surface area contributed by atoms with Crippen LogP contribution in [0.4, 0.5) is 0 Å². The van der Waals surface area contributed by atoms with Crippen LogP contribution in [0.3, 0.4) is 0 Å². The maximum absolute atomic E-state index is 8.84. The van der Waals surface area contributed by atoms with E-state index in [1.54, 1.807) is 18.2 Å². The first kappa shape index (κ1) is 9.73. The molecule has 0 saturated heterocycles. The number of benzene rings is 2. The van der Waals surface area contributed by atoms with E-state index in [1.807, 2.05) is 25.1 Å². The van der Waals surface area contributed by atoms with Gasteiger partial charge >= 0.3 is 0 Å². The molecule has 0 saturated carbocycles. The minimum Gasteiger partial charge on any atom is -0.450 e. The fourth-order valence-electron chi connectivity index (χ4n) is 1.81. The second-order valence-corrected chi connectivity index (χ2v) is 3.88. The lowest BCUT2D eigenvalue weighted by atomic mass is 10.1. The molecule has 1 aliphatic rings. The molecule has 0 aromatic heterocycles. The van der Waals surface area contributed by atoms with Gasteiger partial charge in [0.1, 0.15) is 0 Å². The molecule has 0 unspecified atom stereocenters. The van der Waals surface area contributed by atoms with Crippen LogP contribution < -0.4 is 9.47 Å². The van der Waals surface area contributed by atoms with Gasteiger partial charge in [0.25, 0.3) is 0 Å². The molecule has 1 aliphatic heterocycles. The fourth-order valence-corrected chi connectivity index (χ4v) is 1.81. The molecule has 0 N–H and O–H groups in total. The van der Waals surface area contributed by atoms with Gasteiger partial charge in [0, 0.05) is 6.07 Å². The van der Waals surface area contributed by atoms with Crippen molar-refractivity contribution in [1.82, 2.24) is 0 Å². The molecule has 17 heavy (non-hydrogen) atoms. The molecule has 0 bridgehead atoms. The number of ether oxygens (including phenoxy) is 2. The Labute approximate surface area is 98.8 Å². The number of hydrogen-bond acceptors (Lipinski definition) is 3. The van der Waals surface area contributed by atoms with Crippen molar-refractivity contribution in [2.24, 2.45) is 0 Å². The Morgan fingerprint density at radius 1 is 1.00 bits per heavy atom. The van der Waals surface area contributed by atoms with Gasteiger partial charge < -0.3 is 9.47 Å². The molecule has 1 heterocycles. The molecular formula is C14H9NO2. The van der Waals surface area contributed by atoms with E-state index < -0.39 is 0 Å². The summed E-state index contributed by atoms with van der Waals surface area (Å²) >= 11 is 0. The van der Waals surface area contributed by atoms with Crippen LogP contribution in [0, 0.1) is 18.3 Å². The van der Waals surface area contributed by atoms with Crippen molar-refractivity contribution in [2.75, 3.05) is 0 Å². The summed E-state index contributed by atoms with van der Waals surface area (Å²) in [5.41, 5.74) is 1.57. The van der Waals surface area contributed by atoms with Gasteiger partial charge in [-0.15, -0.1) is 0 Å². The van der Waals surface area contributed by atoms with Crippen LogP contribution in [-0.2, 0) is 0 Å². The van der Waals surface area contributed by atoms with Crippen LogP contribution in [0.15, 0.2) is 36.4 Å². The summed E-state index contributed by atoms with van der Waals surface area (Å²) in [7, 11) is 0. The average Bonchev–Trinajstić information content (AvgIpc) is 2.37. The first-order valence-corrected chi connectivity index (χ1v) is 5.27. The lowest BCUT2D eigenvalue weighted by molar-refractivity contribution is 0.357. The van der Waals surface area contributed by atoms with Crippen molar-refractivity contribution >= 4 is 0 Å². The number of fused-ring (bicyclic) bond motifs is 2. The lowest BCUT2D eigenvalue weighted by Crippen LogP contribution is -2.00. The maximum Gasteiger partial charge on any atom is 0.173 e. The third-order valence-electron chi connectivity index (χ3n) is 2.68. The van der Waals surface area contributed by atoms with Crippen molar-refractivity contribution in [1.29, 1.82) is 5.26 Å². The van der Waals surface area contributed by atoms with Gasteiger partial charge in [-0.2, -0.15) is 5.26 Å². The molecule has 0 atom stereocenters. The van der Waals surface area contributed by atoms with Gasteiger partial charge in [0.2, 0.25) is 0 Å². The molecule has 2 aromatic rings. The number of hydrogen-bond donors (Lipinski definition) is 0. The van der Waals surface area contributed by atoms with Gasteiger partial charge in [0.15, 0.2) is 23.0 Å². The first-order chi connectivity index (χ1) is 8.28. The van der Waals surface area contributed by atoms with Crippen molar-refractivity contribution in [3.63, 3.8) is 0 Å². The highest BCUT2D eigenvalue weighted by Crippen LogP contribution is 2.46. The summed E-state index contributed by atoms with van der Waals surface area (Å²) in [6, 6.07) is 13.0. The topological polar surface area (TPSA) is 42.2 Å². The Morgan fingerprint density at radius 3 is 2.71 bits per heavy atom. The third kappa shape index (κ3) is 1.51. The number of rotatable bonds is 0. The van der Waals surface area contributed by atoms with Gasteiger partial charge in [-0.3, -0.25) is 0 Å². The number of nitrogens with zero attached hydrogens (tertiary/aromatic N) is 1. The van der Waals surface area contributed by atoms with Crippen molar-refractivity contribution in [2.45, 2.75) is 6.92 Å². The van der Waals surface area contributed by atoms with E-state index in [-0.39, 0.29) is 0 Å². The van der Waals surface area contributed by atoms with Gasteiger partial charge in [0.05, 0.1) is 11.6 Å². The van der Waals surface area contributed by atoms with Gasteiger partial charge in [-0.1, -0.05) is 12.1 Å². The Morgan fingerprint density at radius 2 is 1.88 bits per heavy atom. The highest BCUT2D eigenvalue weighted by Gasteiger charge is 2.20. The zero-order valence-electron chi connectivity index (χ0n) is 9.23. The summed E-state index contributed by atoms with van der Waals surface area (Å²) in [4.78, 5) is 0. The second-order valence-electron chi connectivity index (χ2n) is 3.88. The average molecular weight is 223 g/mol. The van der Waals surface area contributed by atoms with E-state index in [0.717, 1.165) is 11.3 Å². The Hall–Kier alpha value is -2.47. The highest BCUT2D eigenvalue weighted by atomic mass is 16.6. The molecule has 82 valence electrons. The minimum absolute atomic E-state index is 0.560. The summed E-state index contributed by atoms with van der Waals surface area (Å²) in [6.07, 6.45) is 0. The van der Waals surface area contributed by atoms with Crippen LogP contribution in [0.2, 0.25) is 0 Å². The summed E-state index contributed by atoms with van der Waals surface area (Å²) in [5.74, 6) is 2.66. The molecular weight excluding hydrogens is 214 g/mol. The lowest BCUT2D eigenvalue weighted by Gasteiger charge is -2.21. The maximum atomic E-state index is 8.84. The monoisotopic (exact) mass is 223 g/mol. The van der Waals surface area contributed by atoms with Crippen molar-refractivity contribution in [3.8, 4) is 29.1 Å². The zero-order valence-corrected chi connectivity index (χ0v) is 9.23. The van der Waals surface area contributed by atoms with E-state index >= 15 is 0 Å². The SMILES string of the molecule is Cc1cccc2c1Oc1cc(C#N)ccc1O2. The van der Waals surface area contributed by atoms with E-state index in [1.165, 1.54) is 0 Å². The summed E-state index contributed by atoms with van der Waals surface area (Å²) in [5, 5.41) is 8.84. The highest BCUT2D eigenvalue weighted by molar-refractivity contribution is 5.58. The predicted molar refractivity (Wildman–Crippen MR) is 62.5 cm³/mol. The Balaban J connectivity index is 2.12. The molecule has 2 aromatic carbocycles. The largest absolute Gasteiger partial charge is 0.450 e. The summed E-state index contributed by atoms with van der Waals surface area (Å²) in [6.45, 7) is 1.96. The van der Waals surface area contributed by atoms with Crippen LogP contribution in [0.1, 0.15) is 11.1 Å². The first-order valence-electron chi connectivity index (χ1n) is 5.27. The molecule has 0 aliphatic carbocycles. The van der Waals surface area contributed by atoms with E-state index in [4.69, 9.17) is 14.7 Å². The molecule has 3 heteroatoms. The van der Waals surface area contributed by atoms with Gasteiger partial charge in [-0.25, -0.2) is 0 Å². The Bertz CT molecular complexity index is 641. The van der Waals surface area contributed by atoms with E-state index in [0.29, 0.717) is 22.8 Å². The van der Waals surface area contributed by atoms with Crippen molar-refractivity contribution < 1.29 is 9.47 Å². The number of para-hydroxylation sites is 1. The quantitative estimate of drug-likeness (QED) is 0.582. The normalized spacial score (nSPS) is 11.5. The minimum atomic E-state index is 0.560. The number of aryl methyl sites for hydroxylation is 1. The molecule has 0 spiro atoms. The molecule has 0 radical (unpaired) electrons. The van der Waals surface area contributed by atoms with Crippen molar-refractivity contribution in [3.05, 3.63) is 47.5 Å². The molecule has 0 fully saturated rings. The second kappa shape index (κ2) is 3.53. The zero-order chi connectivity index (χ0) is 11.8. The number of nitriles is 1. The van der Waals surface area contributed by atoms with Crippen LogP contribution >= 0.6 is 0 Å². The van der Waals surface area contributed by atoms with Crippen LogP contribution in [0.25, 0.3) is 0 Å². The Kier molecular flexibility index (Phi) is 2.02. The van der Waals surface area contributed by atoms with E-state index in [9.17, 15) is 0 Å². The smallest absolute Gasteiger partial charge is 0.173 e. The molecule has 0 amide bonds. The predicted octanol–water partition coefficient (Wildman–Crippen LogP) is 3.76. The molecule has 3 nitrogen and oxygen atoms in total. The third-order valence-corrected chi connectivity index (χ3v) is 2.68. The van der Waals surface area contributed by atoms with E-state index in [2.05, 4.69) is 6.07 Å².